The molecule has 3 atom stereocenters. The quantitative estimate of drug-likeness (QED) is 0.425. The molecule has 0 spiro atoms. The van der Waals surface area contributed by atoms with E-state index in [2.05, 4.69) is 10.6 Å². The van der Waals surface area contributed by atoms with Gasteiger partial charge in [-0.3, -0.25) is 9.59 Å². The van der Waals surface area contributed by atoms with Crippen molar-refractivity contribution in [1.82, 2.24) is 15.5 Å². The van der Waals surface area contributed by atoms with Crippen LogP contribution in [0.4, 0.5) is 4.39 Å². The first-order valence-corrected chi connectivity index (χ1v) is 11.5. The van der Waals surface area contributed by atoms with E-state index in [-0.39, 0.29) is 11.5 Å². The van der Waals surface area contributed by atoms with Crippen LogP contribution in [0.5, 0.6) is 0 Å². The minimum Gasteiger partial charge on any atom is -0.478 e. The van der Waals surface area contributed by atoms with Gasteiger partial charge in [0.15, 0.2) is 0 Å². The Morgan fingerprint density at radius 2 is 1.59 bits per heavy atom. The molecule has 8 heteroatoms. The highest BCUT2D eigenvalue weighted by Crippen LogP contribution is 2.28. The molecule has 2 amide bonds. The molecule has 0 aliphatic carbocycles. The van der Waals surface area contributed by atoms with Crippen LogP contribution in [0.25, 0.3) is 0 Å². The zero-order valence-electron chi connectivity index (χ0n) is 21.8. The number of carboxylic acid groups (broad SMARTS) is 1. The zero-order chi connectivity index (χ0) is 26.4. The number of hydrogen-bond donors (Lipinski definition) is 3. The summed E-state index contributed by atoms with van der Waals surface area (Å²) in [7, 11) is 3.14. The van der Waals surface area contributed by atoms with E-state index in [9.17, 15) is 19.5 Å². The molecule has 0 saturated carbocycles. The fraction of sp³-hybridized carbons (Fsp3) is 0.577. The summed E-state index contributed by atoms with van der Waals surface area (Å²) in [6.45, 7) is 11.4. The van der Waals surface area contributed by atoms with Crippen LogP contribution >= 0.6 is 0 Å². The Morgan fingerprint density at radius 1 is 1.06 bits per heavy atom. The summed E-state index contributed by atoms with van der Waals surface area (Å²) < 4.78 is 15.3. The van der Waals surface area contributed by atoms with Crippen LogP contribution in [0, 0.1) is 5.92 Å². The molecule has 3 N–H and O–H groups in total. The van der Waals surface area contributed by atoms with Crippen LogP contribution in [0.1, 0.15) is 54.0 Å². The Kier molecular flexibility index (Phi) is 9.99. The first-order valence-electron chi connectivity index (χ1n) is 11.5. The molecule has 190 valence electrons. The van der Waals surface area contributed by atoms with Gasteiger partial charge >= 0.3 is 5.97 Å². The number of nitrogens with zero attached hydrogens (tertiary/aromatic N) is 1. The maximum absolute atomic E-state index is 15.3. The van der Waals surface area contributed by atoms with E-state index in [1.165, 1.54) is 38.8 Å². The molecule has 1 aromatic carbocycles. The van der Waals surface area contributed by atoms with Gasteiger partial charge in [0.1, 0.15) is 11.7 Å². The van der Waals surface area contributed by atoms with E-state index in [0.717, 1.165) is 5.56 Å². The second kappa shape index (κ2) is 11.6. The molecule has 34 heavy (non-hydrogen) atoms. The Morgan fingerprint density at radius 3 is 2.00 bits per heavy atom. The predicted octanol–water partition coefficient (Wildman–Crippen LogP) is 3.30. The number of likely N-dealkylation sites (N-methyl/N-ethyl adjacent to an activating group) is 2. The van der Waals surface area contributed by atoms with Gasteiger partial charge < -0.3 is 20.6 Å². The van der Waals surface area contributed by atoms with Crippen LogP contribution in [0.3, 0.4) is 0 Å². The zero-order valence-corrected chi connectivity index (χ0v) is 21.8. The number of amides is 2. The summed E-state index contributed by atoms with van der Waals surface area (Å²) in [4.78, 5) is 39.4. The molecular formula is C26H40FN3O4. The number of hydrogen-bond acceptors (Lipinski definition) is 4. The van der Waals surface area contributed by atoms with Crippen molar-refractivity contribution in [3.05, 3.63) is 47.5 Å². The fourth-order valence-electron chi connectivity index (χ4n) is 4.04. The monoisotopic (exact) mass is 477 g/mol. The lowest BCUT2D eigenvalue weighted by Crippen LogP contribution is -2.63. The van der Waals surface area contributed by atoms with Gasteiger partial charge in [-0.25, -0.2) is 9.18 Å². The first kappa shape index (κ1) is 29.3. The molecule has 0 aliphatic heterocycles. The Balaban J connectivity index is 3.29. The minimum atomic E-state index is -2.07. The molecule has 0 fully saturated rings. The predicted molar refractivity (Wildman–Crippen MR) is 132 cm³/mol. The molecule has 0 aliphatic rings. The van der Waals surface area contributed by atoms with Gasteiger partial charge in [-0.05, 0) is 39.3 Å². The van der Waals surface area contributed by atoms with Crippen LogP contribution in [0.2, 0.25) is 0 Å². The summed E-state index contributed by atoms with van der Waals surface area (Å²) in [6.07, 6.45) is 1.48. The first-order chi connectivity index (χ1) is 15.5. The van der Waals surface area contributed by atoms with Gasteiger partial charge in [-0.15, -0.1) is 0 Å². The average molecular weight is 478 g/mol. The van der Waals surface area contributed by atoms with Crippen LogP contribution < -0.4 is 10.6 Å². The van der Waals surface area contributed by atoms with Crippen molar-refractivity contribution >= 4 is 17.8 Å². The molecule has 0 radical (unpaired) electrons. The summed E-state index contributed by atoms with van der Waals surface area (Å²) in [6, 6.07) is 6.68. The van der Waals surface area contributed by atoms with Crippen molar-refractivity contribution in [1.29, 1.82) is 0 Å². The van der Waals surface area contributed by atoms with E-state index in [0.29, 0.717) is 0 Å². The maximum atomic E-state index is 15.3. The number of carbonyl (C=O) groups excluding carboxylic acids is 2. The van der Waals surface area contributed by atoms with Gasteiger partial charge in [0.25, 0.3) is 0 Å². The minimum absolute atomic E-state index is 0.0818. The SMILES string of the molecule is CN[C@H](C(=O)N[C@@H](C(=O)N(C)[C@H](C=C(C)C(=O)O)C(C)C)C(C)(C)F)C(C)(C)c1ccccc1. The van der Waals surface area contributed by atoms with Gasteiger partial charge in [-0.2, -0.15) is 0 Å². The number of benzene rings is 1. The van der Waals surface area contributed by atoms with E-state index >= 15 is 4.39 Å². The summed E-state index contributed by atoms with van der Waals surface area (Å²) in [5, 5.41) is 14.9. The van der Waals surface area contributed by atoms with Crippen LogP contribution in [-0.4, -0.2) is 65.7 Å². The fourth-order valence-corrected chi connectivity index (χ4v) is 4.04. The summed E-state index contributed by atoms with van der Waals surface area (Å²) >= 11 is 0. The van der Waals surface area contributed by atoms with Crippen molar-refractivity contribution in [2.75, 3.05) is 14.1 Å². The number of carboxylic acids is 1. The van der Waals surface area contributed by atoms with E-state index < -0.39 is 47.0 Å². The lowest BCUT2D eigenvalue weighted by atomic mass is 9.77. The summed E-state index contributed by atoms with van der Waals surface area (Å²) in [5.74, 6) is -2.37. The van der Waals surface area contributed by atoms with E-state index in [1.54, 1.807) is 7.05 Å². The van der Waals surface area contributed by atoms with E-state index in [1.807, 2.05) is 58.0 Å². The molecule has 0 saturated heterocycles. The number of alkyl halides is 1. The highest BCUT2D eigenvalue weighted by Gasteiger charge is 2.43. The number of aliphatic carboxylic acids is 1. The Bertz CT molecular complexity index is 891. The standard InChI is InChI=1S/C26H40FN3O4/c1-16(2)19(15-17(3)24(33)34)30(9)23(32)21(26(6,7)27)29-22(31)20(28-8)25(4,5)18-13-11-10-12-14-18/h10-16,19-21,28H,1-9H3,(H,29,31)(H,33,34)/t19-,20-,21+/m1/s1. The van der Waals surface area contributed by atoms with E-state index in [4.69, 9.17) is 0 Å². The number of halogens is 1. The third-order valence-corrected chi connectivity index (χ3v) is 6.25. The van der Waals surface area contributed by atoms with Crippen molar-refractivity contribution in [3.8, 4) is 0 Å². The molecule has 0 bridgehead atoms. The third-order valence-electron chi connectivity index (χ3n) is 6.25. The normalized spacial score (nSPS) is 15.4. The molecular weight excluding hydrogens is 437 g/mol. The second-order valence-electron chi connectivity index (χ2n) is 10.2. The van der Waals surface area contributed by atoms with Crippen molar-refractivity contribution in [2.45, 2.75) is 77.7 Å². The topological polar surface area (TPSA) is 98.7 Å². The molecule has 0 aromatic heterocycles. The molecule has 1 aromatic rings. The van der Waals surface area contributed by atoms with Gasteiger partial charge in [0.2, 0.25) is 11.8 Å². The molecule has 0 heterocycles. The number of rotatable bonds is 11. The maximum Gasteiger partial charge on any atom is 0.331 e. The smallest absolute Gasteiger partial charge is 0.331 e. The molecule has 1 rings (SSSR count). The Hall–Kier alpha value is -2.74. The van der Waals surface area contributed by atoms with Crippen molar-refractivity contribution in [2.24, 2.45) is 5.92 Å². The van der Waals surface area contributed by atoms with Crippen LogP contribution in [0.15, 0.2) is 42.0 Å². The Labute approximate surface area is 202 Å². The largest absolute Gasteiger partial charge is 0.478 e. The molecule has 7 nitrogen and oxygen atoms in total. The highest BCUT2D eigenvalue weighted by molar-refractivity contribution is 5.92. The number of nitrogens with one attached hydrogen (secondary N) is 2. The van der Waals surface area contributed by atoms with Gasteiger partial charge in [0, 0.05) is 18.0 Å². The summed E-state index contributed by atoms with van der Waals surface area (Å²) in [5.41, 5.74) is -1.72. The van der Waals surface area contributed by atoms with Crippen molar-refractivity contribution < 1.29 is 23.9 Å². The van der Waals surface area contributed by atoms with Crippen molar-refractivity contribution in [3.63, 3.8) is 0 Å². The second-order valence-corrected chi connectivity index (χ2v) is 10.2. The van der Waals surface area contributed by atoms with Gasteiger partial charge in [-0.1, -0.05) is 64.1 Å². The van der Waals surface area contributed by atoms with Crippen LogP contribution in [-0.2, 0) is 19.8 Å². The molecule has 0 unspecified atom stereocenters. The average Bonchev–Trinajstić information content (AvgIpc) is 2.74. The third kappa shape index (κ3) is 7.13. The lowest BCUT2D eigenvalue weighted by molar-refractivity contribution is -0.141. The highest BCUT2D eigenvalue weighted by atomic mass is 19.1. The lowest BCUT2D eigenvalue weighted by Gasteiger charge is -2.38. The number of carbonyl (C=O) groups is 3. The van der Waals surface area contributed by atoms with Gasteiger partial charge in [0.05, 0.1) is 12.1 Å².